The second kappa shape index (κ2) is 13.0. The van der Waals surface area contributed by atoms with E-state index in [-0.39, 0.29) is 29.9 Å². The second-order valence-corrected chi connectivity index (χ2v) is 7.03. The first-order valence-electron chi connectivity index (χ1n) is 10.5. The highest BCUT2D eigenvalue weighted by molar-refractivity contribution is 14.0. The van der Waals surface area contributed by atoms with Crippen molar-refractivity contribution in [3.05, 3.63) is 60.2 Å². The molecule has 0 aromatic heterocycles. The molecule has 1 amide bonds. The fourth-order valence-corrected chi connectivity index (χ4v) is 3.42. The molecule has 1 saturated heterocycles. The highest BCUT2D eigenvalue weighted by Crippen LogP contribution is 2.20. The Balaban J connectivity index is 0.00000341. The molecule has 31 heavy (non-hydrogen) atoms. The standard InChI is InChI=1S/C23H31N5O2.HI/c1-3-24-23(26-14-13-25-22(29)19-7-5-4-6-8-19)28-17-15-27(16-18-28)20-9-11-21(30-2)12-10-20;/h4-12H,3,13-18H2,1-2H3,(H,24,26)(H,25,29);1H. The molecule has 1 heterocycles. The average Bonchev–Trinajstić information content (AvgIpc) is 2.81. The van der Waals surface area contributed by atoms with E-state index in [1.54, 1.807) is 7.11 Å². The van der Waals surface area contributed by atoms with Crippen LogP contribution in [-0.4, -0.2) is 69.7 Å². The van der Waals surface area contributed by atoms with Crippen molar-refractivity contribution in [2.24, 2.45) is 4.99 Å². The fourth-order valence-electron chi connectivity index (χ4n) is 3.42. The number of benzene rings is 2. The van der Waals surface area contributed by atoms with E-state index in [1.165, 1.54) is 5.69 Å². The molecule has 0 saturated carbocycles. The van der Waals surface area contributed by atoms with E-state index in [1.807, 2.05) is 42.5 Å². The average molecular weight is 537 g/mol. The lowest BCUT2D eigenvalue weighted by Crippen LogP contribution is -2.52. The van der Waals surface area contributed by atoms with Gasteiger partial charge in [0.15, 0.2) is 5.96 Å². The molecule has 0 spiro atoms. The summed E-state index contributed by atoms with van der Waals surface area (Å²) in [4.78, 5) is 21.5. The van der Waals surface area contributed by atoms with E-state index >= 15 is 0 Å². The Morgan fingerprint density at radius 1 is 1.00 bits per heavy atom. The number of amides is 1. The molecule has 3 rings (SSSR count). The van der Waals surface area contributed by atoms with Crippen molar-refractivity contribution in [2.75, 3.05) is 57.8 Å². The quantitative estimate of drug-likeness (QED) is 0.246. The smallest absolute Gasteiger partial charge is 0.251 e. The number of aliphatic imine (C=N–C) groups is 1. The van der Waals surface area contributed by atoms with Crippen molar-refractivity contribution in [1.29, 1.82) is 0 Å². The summed E-state index contributed by atoms with van der Waals surface area (Å²) in [6.45, 7) is 7.59. The number of halogens is 1. The Kier molecular flexibility index (Phi) is 10.4. The maximum Gasteiger partial charge on any atom is 0.251 e. The van der Waals surface area contributed by atoms with Gasteiger partial charge in [0.25, 0.3) is 5.91 Å². The summed E-state index contributed by atoms with van der Waals surface area (Å²) in [6.07, 6.45) is 0. The number of nitrogens with zero attached hydrogens (tertiary/aromatic N) is 3. The number of ether oxygens (including phenoxy) is 1. The molecular formula is C23H32IN5O2. The number of carbonyl (C=O) groups is 1. The Bertz CT molecular complexity index is 822. The summed E-state index contributed by atoms with van der Waals surface area (Å²) < 4.78 is 5.24. The largest absolute Gasteiger partial charge is 0.497 e. The number of hydrogen-bond acceptors (Lipinski definition) is 4. The van der Waals surface area contributed by atoms with Crippen LogP contribution in [0.5, 0.6) is 5.75 Å². The lowest BCUT2D eigenvalue weighted by atomic mass is 10.2. The minimum atomic E-state index is -0.0658. The minimum absolute atomic E-state index is 0. The van der Waals surface area contributed by atoms with E-state index in [0.29, 0.717) is 18.7 Å². The van der Waals surface area contributed by atoms with Gasteiger partial charge in [-0.05, 0) is 43.3 Å². The highest BCUT2D eigenvalue weighted by Gasteiger charge is 2.19. The Labute approximate surface area is 201 Å². The molecule has 8 heteroatoms. The number of piperazine rings is 1. The number of carbonyl (C=O) groups excluding carboxylic acids is 1. The Morgan fingerprint density at radius 3 is 2.29 bits per heavy atom. The first-order chi connectivity index (χ1) is 14.7. The number of rotatable bonds is 7. The predicted molar refractivity (Wildman–Crippen MR) is 137 cm³/mol. The third-order valence-electron chi connectivity index (χ3n) is 5.05. The van der Waals surface area contributed by atoms with Gasteiger partial charge in [-0.3, -0.25) is 9.79 Å². The first-order valence-corrected chi connectivity index (χ1v) is 10.5. The van der Waals surface area contributed by atoms with Crippen LogP contribution in [0.2, 0.25) is 0 Å². The molecule has 2 aromatic carbocycles. The van der Waals surface area contributed by atoms with Gasteiger partial charge < -0.3 is 25.2 Å². The third kappa shape index (κ3) is 7.30. The lowest BCUT2D eigenvalue weighted by Gasteiger charge is -2.37. The number of guanidine groups is 1. The molecule has 1 aliphatic heterocycles. The summed E-state index contributed by atoms with van der Waals surface area (Å²) in [6, 6.07) is 17.4. The topological polar surface area (TPSA) is 69.2 Å². The number of methoxy groups -OCH3 is 1. The van der Waals surface area contributed by atoms with Crippen molar-refractivity contribution in [2.45, 2.75) is 6.92 Å². The summed E-state index contributed by atoms with van der Waals surface area (Å²) in [5.41, 5.74) is 1.88. The third-order valence-corrected chi connectivity index (χ3v) is 5.05. The van der Waals surface area contributed by atoms with Crippen LogP contribution < -0.4 is 20.3 Å². The van der Waals surface area contributed by atoms with Gasteiger partial charge in [-0.15, -0.1) is 24.0 Å². The van der Waals surface area contributed by atoms with Gasteiger partial charge in [0.2, 0.25) is 0 Å². The van der Waals surface area contributed by atoms with Crippen molar-refractivity contribution < 1.29 is 9.53 Å². The minimum Gasteiger partial charge on any atom is -0.497 e. The second-order valence-electron chi connectivity index (χ2n) is 7.03. The van der Waals surface area contributed by atoms with Crippen molar-refractivity contribution in [1.82, 2.24) is 15.5 Å². The Morgan fingerprint density at radius 2 is 1.68 bits per heavy atom. The van der Waals surface area contributed by atoms with E-state index in [0.717, 1.165) is 44.4 Å². The zero-order valence-corrected chi connectivity index (χ0v) is 20.5. The van der Waals surface area contributed by atoms with Crippen LogP contribution >= 0.6 is 24.0 Å². The molecule has 2 aromatic rings. The van der Waals surface area contributed by atoms with Crippen LogP contribution in [0.25, 0.3) is 0 Å². The van der Waals surface area contributed by atoms with Crippen LogP contribution in [-0.2, 0) is 0 Å². The number of nitrogens with one attached hydrogen (secondary N) is 2. The summed E-state index contributed by atoms with van der Waals surface area (Å²) in [5.74, 6) is 1.71. The van der Waals surface area contributed by atoms with Gasteiger partial charge in [-0.2, -0.15) is 0 Å². The summed E-state index contributed by atoms with van der Waals surface area (Å²) in [5, 5.41) is 6.30. The number of anilines is 1. The monoisotopic (exact) mass is 537 g/mol. The van der Waals surface area contributed by atoms with Gasteiger partial charge in [0.1, 0.15) is 5.75 Å². The van der Waals surface area contributed by atoms with Gasteiger partial charge in [-0.25, -0.2) is 0 Å². The molecular weight excluding hydrogens is 505 g/mol. The van der Waals surface area contributed by atoms with E-state index in [9.17, 15) is 4.79 Å². The van der Waals surface area contributed by atoms with E-state index < -0.39 is 0 Å². The van der Waals surface area contributed by atoms with Crippen LogP contribution in [0, 0.1) is 0 Å². The highest BCUT2D eigenvalue weighted by atomic mass is 127. The number of hydrogen-bond donors (Lipinski definition) is 2. The molecule has 0 radical (unpaired) electrons. The fraction of sp³-hybridized carbons (Fsp3) is 0.391. The van der Waals surface area contributed by atoms with Gasteiger partial charge >= 0.3 is 0 Å². The molecule has 0 atom stereocenters. The van der Waals surface area contributed by atoms with Gasteiger partial charge in [0, 0.05) is 50.5 Å². The zero-order chi connectivity index (χ0) is 21.2. The van der Waals surface area contributed by atoms with Gasteiger partial charge in [0.05, 0.1) is 13.7 Å². The van der Waals surface area contributed by atoms with Crippen molar-refractivity contribution in [3.63, 3.8) is 0 Å². The predicted octanol–water partition coefficient (Wildman–Crippen LogP) is 2.83. The first kappa shape index (κ1) is 24.8. The lowest BCUT2D eigenvalue weighted by molar-refractivity contribution is 0.0955. The molecule has 0 unspecified atom stereocenters. The molecule has 0 aliphatic carbocycles. The molecule has 2 N–H and O–H groups in total. The van der Waals surface area contributed by atoms with E-state index in [2.05, 4.69) is 39.5 Å². The van der Waals surface area contributed by atoms with Crippen LogP contribution in [0.3, 0.4) is 0 Å². The summed E-state index contributed by atoms with van der Waals surface area (Å²) >= 11 is 0. The molecule has 1 fully saturated rings. The maximum absolute atomic E-state index is 12.1. The van der Waals surface area contributed by atoms with Crippen LogP contribution in [0.4, 0.5) is 5.69 Å². The molecule has 0 bridgehead atoms. The van der Waals surface area contributed by atoms with E-state index in [4.69, 9.17) is 9.73 Å². The molecule has 168 valence electrons. The van der Waals surface area contributed by atoms with Gasteiger partial charge in [-0.1, -0.05) is 18.2 Å². The normalized spacial score (nSPS) is 13.9. The van der Waals surface area contributed by atoms with Crippen molar-refractivity contribution in [3.8, 4) is 5.75 Å². The summed E-state index contributed by atoms with van der Waals surface area (Å²) in [7, 11) is 1.68. The SMILES string of the molecule is CCNC(=NCCNC(=O)c1ccccc1)N1CCN(c2ccc(OC)cc2)CC1.I. The Hall–Kier alpha value is -2.49. The van der Waals surface area contributed by atoms with Crippen LogP contribution in [0.15, 0.2) is 59.6 Å². The zero-order valence-electron chi connectivity index (χ0n) is 18.2. The molecule has 1 aliphatic rings. The molecule has 7 nitrogen and oxygen atoms in total. The van der Waals surface area contributed by atoms with Crippen LogP contribution in [0.1, 0.15) is 17.3 Å². The maximum atomic E-state index is 12.1. The van der Waals surface area contributed by atoms with Crippen molar-refractivity contribution >= 4 is 41.5 Å².